The van der Waals surface area contributed by atoms with Gasteiger partial charge in [0, 0.05) is 30.9 Å². The van der Waals surface area contributed by atoms with Gasteiger partial charge in [-0.25, -0.2) is 15.0 Å². The number of allylic oxidation sites excluding steroid dienone is 1. The molecule has 0 radical (unpaired) electrons. The molecule has 1 fully saturated rings. The summed E-state index contributed by atoms with van der Waals surface area (Å²) in [6.07, 6.45) is 3.13. The van der Waals surface area contributed by atoms with Crippen LogP contribution < -0.4 is 4.90 Å². The third-order valence-corrected chi connectivity index (χ3v) is 6.97. The molecule has 1 atom stereocenters. The first-order valence-electron chi connectivity index (χ1n) is 12.4. The minimum absolute atomic E-state index is 0.0231. The average molecular weight is 475 g/mol. The standard InChI is InChI=1S/C30H30N6/c1-5-20(3)36-16-15-35(19-24(36)13-14-31)30-26-11-12-28(34-29(26)32-21(4)33-30)27-18-22(6-2)17-23-9-7-8-10-25(23)27/h5,7-12,17-18,24H,1,3,6,13,15-16,19H2,2,4H3/t24-/m0/s1. The SMILES string of the molecule is C=CC(=C)N1CCN(c2nc(C)nc3nc(-c4cc(CC)cc5ccccc45)ccc23)C[C@@H]1CC#N. The molecule has 36 heavy (non-hydrogen) atoms. The van der Waals surface area contributed by atoms with Gasteiger partial charge in [0.2, 0.25) is 0 Å². The molecule has 180 valence electrons. The Morgan fingerprint density at radius 1 is 1.11 bits per heavy atom. The predicted octanol–water partition coefficient (Wildman–Crippen LogP) is 5.82. The van der Waals surface area contributed by atoms with E-state index < -0.39 is 0 Å². The number of nitrogens with zero attached hydrogens (tertiary/aromatic N) is 6. The Hall–Kier alpha value is -4.24. The van der Waals surface area contributed by atoms with E-state index in [-0.39, 0.29) is 6.04 Å². The summed E-state index contributed by atoms with van der Waals surface area (Å²) in [5, 5.41) is 12.8. The van der Waals surface area contributed by atoms with Gasteiger partial charge < -0.3 is 9.80 Å². The van der Waals surface area contributed by atoms with Crippen molar-refractivity contribution < 1.29 is 0 Å². The highest BCUT2D eigenvalue weighted by Crippen LogP contribution is 2.33. The van der Waals surface area contributed by atoms with E-state index in [2.05, 4.69) is 84.5 Å². The monoisotopic (exact) mass is 474 g/mol. The zero-order chi connectivity index (χ0) is 25.2. The zero-order valence-electron chi connectivity index (χ0n) is 20.9. The number of hydrogen-bond donors (Lipinski definition) is 0. The Kier molecular flexibility index (Phi) is 6.39. The Labute approximate surface area is 212 Å². The van der Waals surface area contributed by atoms with Crippen molar-refractivity contribution in [2.45, 2.75) is 32.7 Å². The van der Waals surface area contributed by atoms with Crippen LogP contribution in [0.15, 0.2) is 73.5 Å². The van der Waals surface area contributed by atoms with Crippen LogP contribution in [-0.2, 0) is 6.42 Å². The topological polar surface area (TPSA) is 68.9 Å². The summed E-state index contributed by atoms with van der Waals surface area (Å²) in [5.41, 5.74) is 4.86. The maximum atomic E-state index is 9.43. The molecule has 0 amide bonds. The van der Waals surface area contributed by atoms with Crippen LogP contribution in [0.25, 0.3) is 33.1 Å². The van der Waals surface area contributed by atoms with Crippen molar-refractivity contribution in [3.8, 4) is 17.3 Å². The van der Waals surface area contributed by atoms with Crippen molar-refractivity contribution in [2.24, 2.45) is 0 Å². The Balaban J connectivity index is 1.57. The molecule has 1 saturated heterocycles. The van der Waals surface area contributed by atoms with Crippen molar-refractivity contribution >= 4 is 27.6 Å². The maximum absolute atomic E-state index is 9.43. The highest BCUT2D eigenvalue weighted by molar-refractivity contribution is 5.98. The highest BCUT2D eigenvalue weighted by Gasteiger charge is 2.29. The second-order valence-electron chi connectivity index (χ2n) is 9.23. The third-order valence-electron chi connectivity index (χ3n) is 6.97. The van der Waals surface area contributed by atoms with Crippen molar-refractivity contribution in [1.82, 2.24) is 19.9 Å². The minimum atomic E-state index is 0.0231. The summed E-state index contributed by atoms with van der Waals surface area (Å²) in [7, 11) is 0. The van der Waals surface area contributed by atoms with Crippen LogP contribution in [0.4, 0.5) is 5.82 Å². The van der Waals surface area contributed by atoms with E-state index in [1.165, 1.54) is 16.3 Å². The van der Waals surface area contributed by atoms with Crippen LogP contribution in [0.3, 0.4) is 0 Å². The largest absolute Gasteiger partial charge is 0.364 e. The molecule has 1 aliphatic heterocycles. The van der Waals surface area contributed by atoms with Crippen LogP contribution in [0.1, 0.15) is 24.7 Å². The second kappa shape index (κ2) is 9.79. The summed E-state index contributed by atoms with van der Waals surface area (Å²) in [4.78, 5) is 19.0. The first kappa shape index (κ1) is 23.5. The molecule has 5 rings (SSSR count). The van der Waals surface area contributed by atoms with Crippen LogP contribution in [0.2, 0.25) is 0 Å². The lowest BCUT2D eigenvalue weighted by atomic mass is 9.97. The summed E-state index contributed by atoms with van der Waals surface area (Å²) in [6.45, 7) is 14.2. The number of rotatable bonds is 6. The summed E-state index contributed by atoms with van der Waals surface area (Å²) >= 11 is 0. The number of aryl methyl sites for hydroxylation is 2. The molecule has 6 nitrogen and oxygen atoms in total. The summed E-state index contributed by atoms with van der Waals surface area (Å²) in [6, 6.07) is 19.5. The average Bonchev–Trinajstić information content (AvgIpc) is 2.91. The molecule has 0 N–H and O–H groups in total. The van der Waals surface area contributed by atoms with E-state index >= 15 is 0 Å². The molecule has 6 heteroatoms. The number of hydrogen-bond acceptors (Lipinski definition) is 6. The molecular weight excluding hydrogens is 444 g/mol. The smallest absolute Gasteiger partial charge is 0.165 e. The molecule has 0 unspecified atom stereocenters. The van der Waals surface area contributed by atoms with E-state index in [9.17, 15) is 5.26 Å². The number of pyridine rings is 1. The van der Waals surface area contributed by atoms with E-state index in [0.717, 1.165) is 47.7 Å². The normalized spacial score (nSPS) is 15.8. The first-order chi connectivity index (χ1) is 17.5. The Bertz CT molecular complexity index is 1520. The molecule has 0 spiro atoms. The van der Waals surface area contributed by atoms with E-state index in [1.54, 1.807) is 6.08 Å². The molecule has 2 aromatic carbocycles. The summed E-state index contributed by atoms with van der Waals surface area (Å²) < 4.78 is 0. The Morgan fingerprint density at radius 2 is 1.94 bits per heavy atom. The lowest BCUT2D eigenvalue weighted by Crippen LogP contribution is -2.52. The van der Waals surface area contributed by atoms with Crippen LogP contribution >= 0.6 is 0 Å². The number of anilines is 1. The van der Waals surface area contributed by atoms with Crippen molar-refractivity contribution in [1.29, 1.82) is 5.26 Å². The molecule has 1 aliphatic rings. The third kappa shape index (κ3) is 4.29. The van der Waals surface area contributed by atoms with Crippen molar-refractivity contribution in [3.63, 3.8) is 0 Å². The lowest BCUT2D eigenvalue weighted by molar-refractivity contribution is 0.237. The summed E-state index contributed by atoms with van der Waals surface area (Å²) in [5.74, 6) is 1.56. The molecular formula is C30H30N6. The molecule has 4 aromatic rings. The van der Waals surface area contributed by atoms with Gasteiger partial charge in [-0.3, -0.25) is 0 Å². The van der Waals surface area contributed by atoms with Crippen LogP contribution in [-0.4, -0.2) is 45.5 Å². The fraction of sp³-hybridized carbons (Fsp3) is 0.267. The van der Waals surface area contributed by atoms with Crippen LogP contribution in [0.5, 0.6) is 0 Å². The van der Waals surface area contributed by atoms with E-state index in [4.69, 9.17) is 15.0 Å². The number of benzene rings is 2. The molecule has 3 heterocycles. The highest BCUT2D eigenvalue weighted by atomic mass is 15.3. The molecule has 0 saturated carbocycles. The number of nitriles is 1. The van der Waals surface area contributed by atoms with Gasteiger partial charge >= 0.3 is 0 Å². The van der Waals surface area contributed by atoms with Gasteiger partial charge in [-0.1, -0.05) is 50.4 Å². The van der Waals surface area contributed by atoms with Gasteiger partial charge in [0.05, 0.1) is 29.6 Å². The fourth-order valence-corrected chi connectivity index (χ4v) is 5.10. The molecule has 0 bridgehead atoms. The number of aromatic nitrogens is 3. The van der Waals surface area contributed by atoms with Crippen molar-refractivity contribution in [3.05, 3.63) is 84.8 Å². The number of piperazine rings is 1. The predicted molar refractivity (Wildman–Crippen MR) is 147 cm³/mol. The second-order valence-corrected chi connectivity index (χ2v) is 9.23. The fourth-order valence-electron chi connectivity index (χ4n) is 5.10. The first-order valence-corrected chi connectivity index (χ1v) is 12.4. The zero-order valence-corrected chi connectivity index (χ0v) is 20.9. The minimum Gasteiger partial charge on any atom is -0.364 e. The maximum Gasteiger partial charge on any atom is 0.165 e. The van der Waals surface area contributed by atoms with Gasteiger partial charge in [-0.05, 0) is 54.0 Å². The van der Waals surface area contributed by atoms with E-state index in [1.807, 2.05) is 6.92 Å². The molecule has 2 aromatic heterocycles. The van der Waals surface area contributed by atoms with Gasteiger partial charge in [-0.15, -0.1) is 0 Å². The van der Waals surface area contributed by atoms with E-state index in [0.29, 0.717) is 24.4 Å². The van der Waals surface area contributed by atoms with Crippen molar-refractivity contribution in [2.75, 3.05) is 24.5 Å². The van der Waals surface area contributed by atoms with Gasteiger partial charge in [0.15, 0.2) is 5.65 Å². The van der Waals surface area contributed by atoms with Gasteiger partial charge in [-0.2, -0.15) is 5.26 Å². The molecule has 0 aliphatic carbocycles. The quantitative estimate of drug-likeness (QED) is 0.328. The van der Waals surface area contributed by atoms with Gasteiger partial charge in [0.25, 0.3) is 0 Å². The van der Waals surface area contributed by atoms with Gasteiger partial charge in [0.1, 0.15) is 11.6 Å². The Morgan fingerprint density at radius 3 is 2.72 bits per heavy atom. The lowest BCUT2D eigenvalue weighted by Gasteiger charge is -2.43. The number of fused-ring (bicyclic) bond motifs is 2. The van der Waals surface area contributed by atoms with Crippen LogP contribution in [0, 0.1) is 18.3 Å².